The van der Waals surface area contributed by atoms with Gasteiger partial charge in [0.05, 0.1) is 15.5 Å². The Hall–Kier alpha value is -2.13. The van der Waals surface area contributed by atoms with Gasteiger partial charge in [0.2, 0.25) is 10.0 Å². The number of carbonyl (C=O) groups is 2. The van der Waals surface area contributed by atoms with E-state index >= 15 is 0 Å². The van der Waals surface area contributed by atoms with Crippen LogP contribution in [0.15, 0.2) is 41.3 Å². The normalized spacial score (nSPS) is 11.4. The van der Waals surface area contributed by atoms with Gasteiger partial charge < -0.3 is 10.1 Å². The molecule has 0 fully saturated rings. The monoisotopic (exact) mass is 472 g/mol. The van der Waals surface area contributed by atoms with Gasteiger partial charge in [0.15, 0.2) is 6.61 Å². The molecular formula is C20H22Cl2N2O5S. The fraction of sp³-hybridized carbons (Fsp3) is 0.300. The lowest BCUT2D eigenvalue weighted by Crippen LogP contribution is -2.30. The van der Waals surface area contributed by atoms with Gasteiger partial charge in [0.1, 0.15) is 0 Å². The quantitative estimate of drug-likeness (QED) is 0.582. The Morgan fingerprint density at radius 3 is 2.33 bits per heavy atom. The molecule has 2 aromatic carbocycles. The van der Waals surface area contributed by atoms with Crippen LogP contribution in [-0.2, 0) is 19.6 Å². The Kier molecular flexibility index (Phi) is 8.25. The van der Waals surface area contributed by atoms with Crippen molar-refractivity contribution in [3.63, 3.8) is 0 Å². The van der Waals surface area contributed by atoms with Crippen molar-refractivity contribution in [2.24, 2.45) is 0 Å². The lowest BCUT2D eigenvalue weighted by atomic mass is 10.2. The summed E-state index contributed by atoms with van der Waals surface area (Å²) >= 11 is 11.9. The van der Waals surface area contributed by atoms with E-state index in [1.54, 1.807) is 39.0 Å². The number of halogens is 2. The van der Waals surface area contributed by atoms with Crippen LogP contribution in [-0.4, -0.2) is 44.3 Å². The second-order valence-electron chi connectivity index (χ2n) is 6.31. The van der Waals surface area contributed by atoms with Gasteiger partial charge in [0.25, 0.3) is 5.91 Å². The molecule has 0 unspecified atom stereocenters. The molecule has 7 nitrogen and oxygen atoms in total. The fourth-order valence-corrected chi connectivity index (χ4v) is 4.60. The third-order valence-electron chi connectivity index (χ3n) is 4.30. The molecule has 1 amide bonds. The van der Waals surface area contributed by atoms with Crippen molar-refractivity contribution in [3.05, 3.63) is 57.6 Å². The second-order valence-corrected chi connectivity index (χ2v) is 9.10. The average Bonchev–Trinajstić information content (AvgIpc) is 2.69. The molecule has 0 radical (unpaired) electrons. The van der Waals surface area contributed by atoms with Crippen molar-refractivity contribution in [2.75, 3.05) is 25.0 Å². The van der Waals surface area contributed by atoms with Crippen LogP contribution in [0.2, 0.25) is 10.0 Å². The highest BCUT2D eigenvalue weighted by Crippen LogP contribution is 2.24. The van der Waals surface area contributed by atoms with Gasteiger partial charge in [-0.25, -0.2) is 13.2 Å². The minimum atomic E-state index is -3.78. The van der Waals surface area contributed by atoms with Crippen LogP contribution in [0.5, 0.6) is 0 Å². The van der Waals surface area contributed by atoms with E-state index in [1.807, 2.05) is 0 Å². The summed E-state index contributed by atoms with van der Waals surface area (Å²) in [5.41, 5.74) is 1.14. The largest absolute Gasteiger partial charge is 0.452 e. The first kappa shape index (κ1) is 24.1. The smallest absolute Gasteiger partial charge is 0.340 e. The molecule has 0 spiro atoms. The predicted molar refractivity (Wildman–Crippen MR) is 117 cm³/mol. The molecule has 0 aliphatic heterocycles. The Balaban J connectivity index is 2.12. The first-order valence-electron chi connectivity index (χ1n) is 9.13. The summed E-state index contributed by atoms with van der Waals surface area (Å²) in [4.78, 5) is 24.4. The summed E-state index contributed by atoms with van der Waals surface area (Å²) in [5.74, 6) is -1.46. The van der Waals surface area contributed by atoms with E-state index < -0.39 is 28.5 Å². The van der Waals surface area contributed by atoms with Crippen LogP contribution in [0.1, 0.15) is 29.8 Å². The summed E-state index contributed by atoms with van der Waals surface area (Å²) in [5, 5.41) is 3.17. The van der Waals surface area contributed by atoms with Crippen LogP contribution >= 0.6 is 23.2 Å². The molecule has 10 heteroatoms. The molecule has 0 bridgehead atoms. The number of hydrogen-bond acceptors (Lipinski definition) is 5. The van der Waals surface area contributed by atoms with Crippen molar-refractivity contribution in [1.82, 2.24) is 4.31 Å². The highest BCUT2D eigenvalue weighted by molar-refractivity contribution is 7.89. The van der Waals surface area contributed by atoms with Crippen LogP contribution in [0.25, 0.3) is 0 Å². The fourth-order valence-electron chi connectivity index (χ4n) is 2.70. The summed E-state index contributed by atoms with van der Waals surface area (Å²) < 4.78 is 31.6. The molecule has 0 aliphatic carbocycles. The van der Waals surface area contributed by atoms with Crippen molar-refractivity contribution in [2.45, 2.75) is 25.7 Å². The standard InChI is InChI=1S/C20H22Cl2N2O5S/c1-4-24(5-2)30(27,28)15-7-8-17(22)16(11-15)20(26)29-12-19(25)23-18-9-6-14(21)10-13(18)3/h6-11H,4-5,12H2,1-3H3,(H,23,25). The third kappa shape index (κ3) is 5.72. The Labute approximate surface area is 186 Å². The predicted octanol–water partition coefficient (Wildman–Crippen LogP) is 4.13. The Bertz CT molecular complexity index is 1050. The number of anilines is 1. The van der Waals surface area contributed by atoms with Gasteiger partial charge in [-0.2, -0.15) is 4.31 Å². The maximum absolute atomic E-state index is 12.7. The minimum absolute atomic E-state index is 0.0208. The van der Waals surface area contributed by atoms with E-state index in [1.165, 1.54) is 16.4 Å². The van der Waals surface area contributed by atoms with Crippen LogP contribution in [0.4, 0.5) is 5.69 Å². The topological polar surface area (TPSA) is 92.8 Å². The number of aryl methyl sites for hydroxylation is 1. The van der Waals surface area contributed by atoms with E-state index in [9.17, 15) is 18.0 Å². The molecule has 2 rings (SSSR count). The molecule has 0 atom stereocenters. The molecule has 162 valence electrons. The highest BCUT2D eigenvalue weighted by Gasteiger charge is 2.24. The molecule has 0 saturated carbocycles. The van der Waals surface area contributed by atoms with Gasteiger partial charge >= 0.3 is 5.97 Å². The van der Waals surface area contributed by atoms with E-state index in [-0.39, 0.29) is 28.6 Å². The maximum Gasteiger partial charge on any atom is 0.340 e. The molecular weight excluding hydrogens is 451 g/mol. The number of carbonyl (C=O) groups excluding carboxylic acids is 2. The molecule has 0 aliphatic rings. The maximum atomic E-state index is 12.7. The molecule has 2 aromatic rings. The summed E-state index contributed by atoms with van der Waals surface area (Å²) in [6.07, 6.45) is 0. The SMILES string of the molecule is CCN(CC)S(=O)(=O)c1ccc(Cl)c(C(=O)OCC(=O)Nc2ccc(Cl)cc2C)c1. The Morgan fingerprint density at radius 2 is 1.73 bits per heavy atom. The van der Waals surface area contributed by atoms with E-state index in [0.717, 1.165) is 11.6 Å². The van der Waals surface area contributed by atoms with Crippen molar-refractivity contribution in [3.8, 4) is 0 Å². The van der Waals surface area contributed by atoms with Gasteiger partial charge in [-0.1, -0.05) is 37.0 Å². The zero-order chi connectivity index (χ0) is 22.5. The molecule has 0 heterocycles. The lowest BCUT2D eigenvalue weighted by molar-refractivity contribution is -0.119. The van der Waals surface area contributed by atoms with E-state index in [2.05, 4.69) is 5.32 Å². The van der Waals surface area contributed by atoms with Gasteiger partial charge in [-0.3, -0.25) is 4.79 Å². The van der Waals surface area contributed by atoms with E-state index in [4.69, 9.17) is 27.9 Å². The number of benzene rings is 2. The average molecular weight is 473 g/mol. The number of nitrogens with zero attached hydrogens (tertiary/aromatic N) is 1. The number of sulfonamides is 1. The van der Waals surface area contributed by atoms with Crippen LogP contribution in [0.3, 0.4) is 0 Å². The molecule has 30 heavy (non-hydrogen) atoms. The number of hydrogen-bond donors (Lipinski definition) is 1. The highest BCUT2D eigenvalue weighted by atomic mass is 35.5. The molecule has 1 N–H and O–H groups in total. The molecule has 0 aromatic heterocycles. The Morgan fingerprint density at radius 1 is 1.07 bits per heavy atom. The number of esters is 1. The van der Waals surface area contributed by atoms with Crippen molar-refractivity contribution < 1.29 is 22.7 Å². The summed E-state index contributed by atoms with van der Waals surface area (Å²) in [7, 11) is -3.78. The van der Waals surface area contributed by atoms with E-state index in [0.29, 0.717) is 10.7 Å². The van der Waals surface area contributed by atoms with Crippen LogP contribution in [0, 0.1) is 6.92 Å². The third-order valence-corrected chi connectivity index (χ3v) is 6.91. The molecule has 0 saturated heterocycles. The number of rotatable bonds is 8. The lowest BCUT2D eigenvalue weighted by Gasteiger charge is -2.19. The van der Waals surface area contributed by atoms with Gasteiger partial charge in [0, 0.05) is 23.8 Å². The second kappa shape index (κ2) is 10.3. The van der Waals surface area contributed by atoms with Crippen molar-refractivity contribution in [1.29, 1.82) is 0 Å². The summed E-state index contributed by atoms with van der Waals surface area (Å²) in [6.45, 7) is 5.21. The zero-order valence-corrected chi connectivity index (χ0v) is 19.1. The first-order chi connectivity index (χ1) is 14.1. The van der Waals surface area contributed by atoms with Crippen LogP contribution < -0.4 is 5.32 Å². The first-order valence-corrected chi connectivity index (χ1v) is 11.3. The van der Waals surface area contributed by atoms with Gasteiger partial charge in [-0.15, -0.1) is 0 Å². The van der Waals surface area contributed by atoms with Gasteiger partial charge in [-0.05, 0) is 48.9 Å². The van der Waals surface area contributed by atoms with Crippen molar-refractivity contribution >= 4 is 50.8 Å². The number of amides is 1. The summed E-state index contributed by atoms with van der Waals surface area (Å²) in [6, 6.07) is 8.73. The zero-order valence-electron chi connectivity index (χ0n) is 16.7. The number of ether oxygens (including phenoxy) is 1. The minimum Gasteiger partial charge on any atom is -0.452 e. The number of nitrogens with one attached hydrogen (secondary N) is 1.